The number of nitrogens with zero attached hydrogens (tertiary/aromatic N) is 2. The van der Waals surface area contributed by atoms with Gasteiger partial charge in [0, 0.05) is 32.2 Å². The number of aromatic nitrogens is 2. The number of nitrogens with one attached hydrogen (secondary N) is 1. The van der Waals surface area contributed by atoms with Crippen LogP contribution in [0.5, 0.6) is 0 Å². The number of unbranched alkanes of at least 4 members (excludes halogenated alkanes) is 1. The number of rotatable bonds is 8. The number of ether oxygens (including phenoxy) is 1. The molecule has 0 saturated heterocycles. The van der Waals surface area contributed by atoms with Gasteiger partial charge in [0.2, 0.25) is 0 Å². The number of halogens is 1. The zero-order chi connectivity index (χ0) is 15.1. The average molecular weight is 293 g/mol. The molecule has 0 aliphatic heterocycles. The van der Waals surface area contributed by atoms with Crippen LogP contribution in [0.2, 0.25) is 0 Å². The minimum atomic E-state index is -0.365. The molecule has 0 aliphatic carbocycles. The summed E-state index contributed by atoms with van der Waals surface area (Å²) in [5.41, 5.74) is 0.831. The van der Waals surface area contributed by atoms with E-state index in [1.165, 1.54) is 28.9 Å². The first-order valence-corrected chi connectivity index (χ1v) is 7.21. The number of pyridine rings is 1. The van der Waals surface area contributed by atoms with Crippen LogP contribution < -0.4 is 5.32 Å². The lowest BCUT2D eigenvalue weighted by Crippen LogP contribution is -2.25. The van der Waals surface area contributed by atoms with E-state index in [0.29, 0.717) is 18.8 Å². The molecule has 0 unspecified atom stereocenters. The van der Waals surface area contributed by atoms with Gasteiger partial charge in [-0.15, -0.1) is 0 Å². The molecule has 5 nitrogen and oxygen atoms in total. The number of amides is 1. The minimum Gasteiger partial charge on any atom is -0.381 e. The van der Waals surface area contributed by atoms with Gasteiger partial charge in [-0.1, -0.05) is 13.3 Å². The van der Waals surface area contributed by atoms with Crippen molar-refractivity contribution in [3.63, 3.8) is 0 Å². The van der Waals surface area contributed by atoms with Gasteiger partial charge in [-0.2, -0.15) is 0 Å². The van der Waals surface area contributed by atoms with Crippen molar-refractivity contribution in [3.8, 4) is 0 Å². The number of carbonyl (C=O) groups is 1. The summed E-state index contributed by atoms with van der Waals surface area (Å²) < 4.78 is 20.0. The van der Waals surface area contributed by atoms with E-state index < -0.39 is 0 Å². The van der Waals surface area contributed by atoms with E-state index >= 15 is 0 Å². The summed E-state index contributed by atoms with van der Waals surface area (Å²) in [6.45, 7) is 4.05. The van der Waals surface area contributed by atoms with E-state index in [9.17, 15) is 9.18 Å². The van der Waals surface area contributed by atoms with Crippen molar-refractivity contribution in [3.05, 3.63) is 36.0 Å². The first kappa shape index (κ1) is 15.4. The van der Waals surface area contributed by atoms with Crippen LogP contribution in [0.1, 0.15) is 36.7 Å². The van der Waals surface area contributed by atoms with E-state index in [-0.39, 0.29) is 17.4 Å². The fraction of sp³-hybridized carbons (Fsp3) is 0.467. The Bertz CT molecular complexity index is 598. The van der Waals surface area contributed by atoms with E-state index in [1.54, 1.807) is 0 Å². The second-order valence-corrected chi connectivity index (χ2v) is 4.81. The van der Waals surface area contributed by atoms with Gasteiger partial charge in [0.05, 0.1) is 0 Å². The molecule has 0 spiro atoms. The Labute approximate surface area is 123 Å². The zero-order valence-corrected chi connectivity index (χ0v) is 12.1. The predicted molar refractivity (Wildman–Crippen MR) is 77.8 cm³/mol. The average Bonchev–Trinajstić information content (AvgIpc) is 2.89. The summed E-state index contributed by atoms with van der Waals surface area (Å²) in [6.07, 6.45) is 5.75. The molecule has 2 rings (SSSR count). The van der Waals surface area contributed by atoms with E-state index in [1.807, 2.05) is 0 Å². The molecule has 21 heavy (non-hydrogen) atoms. The Kier molecular flexibility index (Phi) is 5.68. The number of fused-ring (bicyclic) bond motifs is 1. The predicted octanol–water partition coefficient (Wildman–Crippen LogP) is 2.41. The van der Waals surface area contributed by atoms with Crippen molar-refractivity contribution in [2.75, 3.05) is 19.8 Å². The molecule has 0 aliphatic rings. The van der Waals surface area contributed by atoms with Gasteiger partial charge in [-0.3, -0.25) is 4.79 Å². The van der Waals surface area contributed by atoms with Crippen LogP contribution in [0.4, 0.5) is 4.39 Å². The van der Waals surface area contributed by atoms with Crippen molar-refractivity contribution in [2.24, 2.45) is 0 Å². The second-order valence-electron chi connectivity index (χ2n) is 4.81. The van der Waals surface area contributed by atoms with E-state index in [0.717, 1.165) is 25.9 Å². The fourth-order valence-corrected chi connectivity index (χ4v) is 1.89. The van der Waals surface area contributed by atoms with Crippen LogP contribution in [0.15, 0.2) is 24.5 Å². The molecule has 1 amide bonds. The highest BCUT2D eigenvalue weighted by Crippen LogP contribution is 2.06. The normalized spacial score (nSPS) is 11.0. The van der Waals surface area contributed by atoms with Crippen LogP contribution in [0, 0.1) is 5.82 Å². The summed E-state index contributed by atoms with van der Waals surface area (Å²) in [4.78, 5) is 16.1. The third kappa shape index (κ3) is 4.53. The molecule has 0 radical (unpaired) electrons. The smallest absolute Gasteiger partial charge is 0.271 e. The Morgan fingerprint density at radius 3 is 2.95 bits per heavy atom. The molecule has 2 heterocycles. The third-order valence-corrected chi connectivity index (χ3v) is 3.04. The van der Waals surface area contributed by atoms with Gasteiger partial charge in [-0.25, -0.2) is 9.37 Å². The Morgan fingerprint density at radius 1 is 1.33 bits per heavy atom. The quantitative estimate of drug-likeness (QED) is 0.760. The molecular weight excluding hydrogens is 273 g/mol. The van der Waals surface area contributed by atoms with E-state index in [2.05, 4.69) is 17.2 Å². The standard InChI is InChI=1S/C15H20FN3O2/c1-2-3-8-21-9-4-7-17-15(20)13-11-19-10-12(16)5-6-14(19)18-13/h5-6,10-11H,2-4,7-9H2,1H3,(H,17,20). The van der Waals surface area contributed by atoms with Gasteiger partial charge >= 0.3 is 0 Å². The van der Waals surface area contributed by atoms with Crippen molar-refractivity contribution < 1.29 is 13.9 Å². The number of hydrogen-bond donors (Lipinski definition) is 1. The topological polar surface area (TPSA) is 55.6 Å². The number of hydrogen-bond acceptors (Lipinski definition) is 3. The molecule has 1 N–H and O–H groups in total. The zero-order valence-electron chi connectivity index (χ0n) is 12.1. The maximum Gasteiger partial charge on any atom is 0.271 e. The van der Waals surface area contributed by atoms with Crippen LogP contribution in [0.3, 0.4) is 0 Å². The molecule has 0 bridgehead atoms. The van der Waals surface area contributed by atoms with Gasteiger partial charge in [0.1, 0.15) is 17.2 Å². The van der Waals surface area contributed by atoms with Crippen LogP contribution >= 0.6 is 0 Å². The Balaban J connectivity index is 1.77. The minimum absolute atomic E-state index is 0.257. The third-order valence-electron chi connectivity index (χ3n) is 3.04. The highest BCUT2D eigenvalue weighted by atomic mass is 19.1. The highest BCUT2D eigenvalue weighted by molar-refractivity contribution is 5.92. The monoisotopic (exact) mass is 293 g/mol. The lowest BCUT2D eigenvalue weighted by molar-refractivity contribution is 0.0936. The summed E-state index contributed by atoms with van der Waals surface area (Å²) in [7, 11) is 0. The Morgan fingerprint density at radius 2 is 2.14 bits per heavy atom. The van der Waals surface area contributed by atoms with Gasteiger partial charge in [-0.05, 0) is 25.0 Å². The molecule has 0 aromatic carbocycles. The first-order valence-electron chi connectivity index (χ1n) is 7.21. The van der Waals surface area contributed by atoms with Gasteiger partial charge in [0.15, 0.2) is 0 Å². The maximum atomic E-state index is 13.1. The van der Waals surface area contributed by atoms with Crippen LogP contribution in [-0.2, 0) is 4.74 Å². The molecule has 2 aromatic rings. The molecule has 6 heteroatoms. The molecular formula is C15H20FN3O2. The van der Waals surface area contributed by atoms with Crippen molar-refractivity contribution in [1.29, 1.82) is 0 Å². The lowest BCUT2D eigenvalue weighted by atomic mass is 10.3. The molecule has 2 aromatic heterocycles. The molecule has 114 valence electrons. The fourth-order valence-electron chi connectivity index (χ4n) is 1.89. The summed E-state index contributed by atoms with van der Waals surface area (Å²) in [6, 6.07) is 2.85. The first-order chi connectivity index (χ1) is 10.2. The number of imidazole rings is 1. The van der Waals surface area contributed by atoms with E-state index in [4.69, 9.17) is 4.74 Å². The molecule has 0 atom stereocenters. The summed E-state index contributed by atoms with van der Waals surface area (Å²) in [5, 5.41) is 2.78. The van der Waals surface area contributed by atoms with Crippen LogP contribution in [-0.4, -0.2) is 35.1 Å². The number of carbonyl (C=O) groups excluding carboxylic acids is 1. The lowest BCUT2D eigenvalue weighted by Gasteiger charge is -2.04. The highest BCUT2D eigenvalue weighted by Gasteiger charge is 2.10. The maximum absolute atomic E-state index is 13.1. The largest absolute Gasteiger partial charge is 0.381 e. The van der Waals surface area contributed by atoms with Crippen molar-refractivity contribution in [1.82, 2.24) is 14.7 Å². The molecule has 0 saturated carbocycles. The van der Waals surface area contributed by atoms with Crippen LogP contribution in [0.25, 0.3) is 5.65 Å². The summed E-state index contributed by atoms with van der Waals surface area (Å²) >= 11 is 0. The molecule has 0 fully saturated rings. The summed E-state index contributed by atoms with van der Waals surface area (Å²) in [5.74, 6) is -0.622. The SMILES string of the molecule is CCCCOCCCNC(=O)c1cn2cc(F)ccc2n1. The van der Waals surface area contributed by atoms with Gasteiger partial charge < -0.3 is 14.5 Å². The Hall–Kier alpha value is -1.95. The van der Waals surface area contributed by atoms with Crippen molar-refractivity contribution >= 4 is 11.6 Å². The van der Waals surface area contributed by atoms with Gasteiger partial charge in [0.25, 0.3) is 5.91 Å². The second kappa shape index (κ2) is 7.73. The van der Waals surface area contributed by atoms with Crippen molar-refractivity contribution in [2.45, 2.75) is 26.2 Å².